The van der Waals surface area contributed by atoms with Crippen molar-refractivity contribution in [1.29, 1.82) is 0 Å². The Morgan fingerprint density at radius 1 is 1.05 bits per heavy atom. The van der Waals surface area contributed by atoms with E-state index in [1.807, 2.05) is 30.3 Å². The first-order valence-corrected chi connectivity index (χ1v) is 6.37. The molecule has 0 saturated heterocycles. The molecular formula is C17H14O4. The number of rotatable bonds is 6. The lowest BCUT2D eigenvalue weighted by molar-refractivity contribution is -0.139. The molecule has 2 aromatic carbocycles. The highest BCUT2D eigenvalue weighted by Gasteiger charge is 2.05. The number of benzene rings is 2. The van der Waals surface area contributed by atoms with Crippen LogP contribution in [0.5, 0.6) is 5.75 Å². The van der Waals surface area contributed by atoms with Gasteiger partial charge in [-0.1, -0.05) is 48.5 Å². The van der Waals surface area contributed by atoms with E-state index in [4.69, 9.17) is 9.84 Å². The molecule has 4 heteroatoms. The second-order valence-corrected chi connectivity index (χ2v) is 4.32. The number of aliphatic carboxylic acids is 1. The van der Waals surface area contributed by atoms with Crippen molar-refractivity contribution in [2.75, 3.05) is 6.61 Å². The summed E-state index contributed by atoms with van der Waals surface area (Å²) in [6, 6.07) is 15.9. The third-order valence-corrected chi connectivity index (χ3v) is 2.71. The Morgan fingerprint density at radius 2 is 1.81 bits per heavy atom. The van der Waals surface area contributed by atoms with Gasteiger partial charge in [-0.2, -0.15) is 0 Å². The third kappa shape index (κ3) is 4.62. The molecule has 4 nitrogen and oxygen atoms in total. The van der Waals surface area contributed by atoms with Crippen LogP contribution in [0.25, 0.3) is 6.08 Å². The van der Waals surface area contributed by atoms with Crippen molar-refractivity contribution in [3.8, 4) is 5.75 Å². The van der Waals surface area contributed by atoms with Crippen LogP contribution in [0.4, 0.5) is 0 Å². The van der Waals surface area contributed by atoms with E-state index in [0.717, 1.165) is 5.56 Å². The molecule has 0 amide bonds. The molecule has 2 aromatic rings. The van der Waals surface area contributed by atoms with Crippen LogP contribution in [0.15, 0.2) is 60.7 Å². The average molecular weight is 282 g/mol. The maximum absolute atomic E-state index is 12.0. The molecule has 0 atom stereocenters. The van der Waals surface area contributed by atoms with E-state index in [1.165, 1.54) is 12.1 Å². The minimum atomic E-state index is -1.06. The van der Waals surface area contributed by atoms with Gasteiger partial charge in [0.2, 0.25) is 0 Å². The zero-order valence-electron chi connectivity index (χ0n) is 11.2. The zero-order chi connectivity index (χ0) is 15.1. The van der Waals surface area contributed by atoms with Gasteiger partial charge in [0.1, 0.15) is 5.75 Å². The first kappa shape index (κ1) is 14.5. The predicted octanol–water partition coefficient (Wildman–Crippen LogP) is 3.05. The number of ketones is 1. The van der Waals surface area contributed by atoms with Gasteiger partial charge in [-0.25, -0.2) is 4.79 Å². The Kier molecular flexibility index (Phi) is 4.88. The molecule has 0 unspecified atom stereocenters. The molecule has 0 aromatic heterocycles. The number of hydrogen-bond acceptors (Lipinski definition) is 3. The number of carbonyl (C=O) groups excluding carboxylic acids is 1. The second kappa shape index (κ2) is 7.05. The molecule has 0 aliphatic rings. The molecule has 2 rings (SSSR count). The van der Waals surface area contributed by atoms with Gasteiger partial charge in [-0.05, 0) is 23.8 Å². The van der Waals surface area contributed by atoms with Crippen molar-refractivity contribution in [2.24, 2.45) is 0 Å². The number of ether oxygens (including phenoxy) is 1. The third-order valence-electron chi connectivity index (χ3n) is 2.71. The van der Waals surface area contributed by atoms with E-state index < -0.39 is 12.6 Å². The van der Waals surface area contributed by atoms with Gasteiger partial charge in [-0.15, -0.1) is 0 Å². The molecule has 106 valence electrons. The minimum Gasteiger partial charge on any atom is -0.482 e. The summed E-state index contributed by atoms with van der Waals surface area (Å²) < 4.78 is 5.05. The smallest absolute Gasteiger partial charge is 0.341 e. The Balaban J connectivity index is 2.07. The molecule has 0 heterocycles. The molecule has 0 bridgehead atoms. The highest BCUT2D eigenvalue weighted by Crippen LogP contribution is 2.14. The van der Waals surface area contributed by atoms with Crippen molar-refractivity contribution < 1.29 is 19.4 Å². The summed E-state index contributed by atoms with van der Waals surface area (Å²) in [5.41, 5.74) is 1.38. The lowest BCUT2D eigenvalue weighted by Gasteiger charge is -2.04. The lowest BCUT2D eigenvalue weighted by atomic mass is 10.1. The monoisotopic (exact) mass is 282 g/mol. The maximum Gasteiger partial charge on any atom is 0.341 e. The van der Waals surface area contributed by atoms with Gasteiger partial charge in [0.25, 0.3) is 0 Å². The van der Waals surface area contributed by atoms with Crippen molar-refractivity contribution >= 4 is 17.8 Å². The van der Waals surface area contributed by atoms with E-state index in [9.17, 15) is 9.59 Å². The number of allylic oxidation sites excluding steroid dienone is 1. The van der Waals surface area contributed by atoms with Crippen LogP contribution in [-0.4, -0.2) is 23.5 Å². The van der Waals surface area contributed by atoms with Gasteiger partial charge in [-0.3, -0.25) is 4.79 Å². The Hall–Kier alpha value is -2.88. The first-order valence-electron chi connectivity index (χ1n) is 6.37. The van der Waals surface area contributed by atoms with E-state index >= 15 is 0 Å². The predicted molar refractivity (Wildman–Crippen MR) is 79.4 cm³/mol. The number of carboxylic acid groups (broad SMARTS) is 1. The Morgan fingerprint density at radius 3 is 2.52 bits per heavy atom. The lowest BCUT2D eigenvalue weighted by Crippen LogP contribution is -2.09. The quantitative estimate of drug-likeness (QED) is 0.653. The zero-order valence-corrected chi connectivity index (χ0v) is 11.2. The Bertz CT molecular complexity index is 660. The highest BCUT2D eigenvalue weighted by molar-refractivity contribution is 6.07. The molecule has 0 spiro atoms. The van der Waals surface area contributed by atoms with Gasteiger partial charge in [0, 0.05) is 5.56 Å². The summed E-state index contributed by atoms with van der Waals surface area (Å²) in [5.74, 6) is -0.869. The van der Waals surface area contributed by atoms with Crippen LogP contribution in [0.2, 0.25) is 0 Å². The summed E-state index contributed by atoms with van der Waals surface area (Å²) in [6.45, 7) is -0.433. The van der Waals surface area contributed by atoms with E-state index in [-0.39, 0.29) is 5.78 Å². The standard InChI is InChI=1S/C17H14O4/c18-16(10-9-13-5-2-1-3-6-13)14-7-4-8-15(11-14)21-12-17(19)20/h1-11H,12H2,(H,19,20)/b10-9+. The van der Waals surface area contributed by atoms with Crippen molar-refractivity contribution in [3.63, 3.8) is 0 Å². The summed E-state index contributed by atoms with van der Waals surface area (Å²) in [7, 11) is 0. The van der Waals surface area contributed by atoms with Crippen molar-refractivity contribution in [3.05, 3.63) is 71.8 Å². The Labute approximate surface area is 122 Å². The molecule has 0 radical (unpaired) electrons. The molecule has 0 fully saturated rings. The van der Waals surface area contributed by atoms with Crippen molar-refractivity contribution in [2.45, 2.75) is 0 Å². The highest BCUT2D eigenvalue weighted by atomic mass is 16.5. The second-order valence-electron chi connectivity index (χ2n) is 4.32. The fourth-order valence-corrected chi connectivity index (χ4v) is 1.72. The van der Waals surface area contributed by atoms with E-state index in [2.05, 4.69) is 0 Å². The van der Waals surface area contributed by atoms with E-state index in [0.29, 0.717) is 11.3 Å². The van der Waals surface area contributed by atoms with Crippen LogP contribution in [0.3, 0.4) is 0 Å². The fraction of sp³-hybridized carbons (Fsp3) is 0.0588. The van der Waals surface area contributed by atoms with Crippen molar-refractivity contribution in [1.82, 2.24) is 0 Å². The molecule has 1 N–H and O–H groups in total. The number of carboxylic acids is 1. The molecule has 0 saturated carbocycles. The van der Waals surface area contributed by atoms with Crippen LogP contribution < -0.4 is 4.74 Å². The SMILES string of the molecule is O=C(O)COc1cccc(C(=O)/C=C/c2ccccc2)c1. The fourth-order valence-electron chi connectivity index (χ4n) is 1.72. The van der Waals surface area contributed by atoms with Crippen LogP contribution in [-0.2, 0) is 4.79 Å². The summed E-state index contributed by atoms with van der Waals surface area (Å²) in [6.07, 6.45) is 3.21. The normalized spacial score (nSPS) is 10.5. The van der Waals surface area contributed by atoms with Crippen LogP contribution in [0.1, 0.15) is 15.9 Å². The van der Waals surface area contributed by atoms with Gasteiger partial charge >= 0.3 is 5.97 Å². The summed E-state index contributed by atoms with van der Waals surface area (Å²) in [5, 5.41) is 8.56. The molecule has 0 aliphatic carbocycles. The van der Waals surface area contributed by atoms with Gasteiger partial charge in [0.05, 0.1) is 0 Å². The summed E-state index contributed by atoms with van der Waals surface area (Å²) >= 11 is 0. The van der Waals surface area contributed by atoms with E-state index in [1.54, 1.807) is 24.3 Å². The largest absolute Gasteiger partial charge is 0.482 e. The minimum absolute atomic E-state index is 0.167. The number of carbonyl (C=O) groups is 2. The topological polar surface area (TPSA) is 63.6 Å². The molecule has 0 aliphatic heterocycles. The molecular weight excluding hydrogens is 268 g/mol. The van der Waals surface area contributed by atoms with Gasteiger partial charge in [0.15, 0.2) is 12.4 Å². The van der Waals surface area contributed by atoms with Gasteiger partial charge < -0.3 is 9.84 Å². The van der Waals surface area contributed by atoms with Crippen LogP contribution in [0, 0.1) is 0 Å². The first-order chi connectivity index (χ1) is 10.1. The maximum atomic E-state index is 12.0. The summed E-state index contributed by atoms with van der Waals surface area (Å²) in [4.78, 5) is 22.5. The molecule has 21 heavy (non-hydrogen) atoms. The average Bonchev–Trinajstić information content (AvgIpc) is 2.52. The van der Waals surface area contributed by atoms with Crippen LogP contribution >= 0.6 is 0 Å². The number of hydrogen-bond donors (Lipinski definition) is 1.